The van der Waals surface area contributed by atoms with Crippen LogP contribution in [0.3, 0.4) is 0 Å². The second-order valence-corrected chi connectivity index (χ2v) is 4.61. The molecule has 1 heterocycles. The average Bonchev–Trinajstić information content (AvgIpc) is 2.36. The Morgan fingerprint density at radius 3 is 2.53 bits per heavy atom. The Morgan fingerprint density at radius 2 is 2.05 bits per heavy atom. The third kappa shape index (κ3) is 4.80. The summed E-state index contributed by atoms with van der Waals surface area (Å²) in [5, 5.41) is 0. The van der Waals surface area contributed by atoms with E-state index in [1.54, 1.807) is 25.3 Å². The zero-order valence-electron chi connectivity index (χ0n) is 11.2. The molecular weight excluding hydrogens is 255 g/mol. The third-order valence-electron chi connectivity index (χ3n) is 3.13. The van der Waals surface area contributed by atoms with E-state index in [0.29, 0.717) is 6.42 Å². The molecule has 0 aromatic carbocycles. The molecule has 1 aromatic rings. The largest absolute Gasteiger partial charge is 0.405 e. The number of nitrogens with zero attached hydrogens (tertiary/aromatic N) is 2. The lowest BCUT2D eigenvalue weighted by atomic mass is 10.0. The van der Waals surface area contributed by atoms with E-state index >= 15 is 0 Å². The molecule has 0 radical (unpaired) electrons. The van der Waals surface area contributed by atoms with Crippen molar-refractivity contribution in [3.05, 3.63) is 30.1 Å². The maximum atomic E-state index is 13.0. The fourth-order valence-electron chi connectivity index (χ4n) is 2.02. The molecule has 1 aromatic heterocycles. The van der Waals surface area contributed by atoms with Gasteiger partial charge < -0.3 is 5.73 Å². The molecule has 2 N–H and O–H groups in total. The third-order valence-corrected chi connectivity index (χ3v) is 3.13. The smallest absolute Gasteiger partial charge is 0.326 e. The fourth-order valence-corrected chi connectivity index (χ4v) is 2.02. The molecular formula is C13H20F3N3. The molecule has 0 saturated heterocycles. The zero-order valence-corrected chi connectivity index (χ0v) is 11.2. The highest BCUT2D eigenvalue weighted by atomic mass is 19.4. The first-order chi connectivity index (χ1) is 8.86. The summed E-state index contributed by atoms with van der Waals surface area (Å²) in [5.74, 6) is 0. The van der Waals surface area contributed by atoms with Crippen LogP contribution in [0.4, 0.5) is 13.2 Å². The van der Waals surface area contributed by atoms with Crippen LogP contribution in [0, 0.1) is 0 Å². The van der Waals surface area contributed by atoms with Crippen LogP contribution in [0.15, 0.2) is 24.4 Å². The van der Waals surface area contributed by atoms with Crippen LogP contribution in [0.2, 0.25) is 0 Å². The van der Waals surface area contributed by atoms with Gasteiger partial charge in [-0.15, -0.1) is 0 Å². The second-order valence-electron chi connectivity index (χ2n) is 4.61. The highest BCUT2D eigenvalue weighted by Gasteiger charge is 2.45. The van der Waals surface area contributed by atoms with Gasteiger partial charge in [0.2, 0.25) is 0 Å². The van der Waals surface area contributed by atoms with Crippen molar-refractivity contribution in [3.8, 4) is 0 Å². The predicted molar refractivity (Wildman–Crippen MR) is 68.7 cm³/mol. The standard InChI is InChI=1S/C13H20F3N3/c1-3-11(17)12(13(14,15)16)19(2)9-7-10-6-4-5-8-18-10/h4-6,8,11-12H,3,7,9,17H2,1-2H3. The summed E-state index contributed by atoms with van der Waals surface area (Å²) < 4.78 is 39.0. The Balaban J connectivity index is 2.65. The predicted octanol–water partition coefficient (Wildman–Crippen LogP) is 2.22. The first kappa shape index (κ1) is 15.9. The number of hydrogen-bond acceptors (Lipinski definition) is 3. The molecule has 0 amide bonds. The fraction of sp³-hybridized carbons (Fsp3) is 0.615. The van der Waals surface area contributed by atoms with Crippen molar-refractivity contribution in [2.75, 3.05) is 13.6 Å². The van der Waals surface area contributed by atoms with Crippen molar-refractivity contribution in [2.45, 2.75) is 38.0 Å². The first-order valence-electron chi connectivity index (χ1n) is 6.28. The highest BCUT2D eigenvalue weighted by molar-refractivity contribution is 5.04. The number of halogens is 3. The maximum absolute atomic E-state index is 13.0. The van der Waals surface area contributed by atoms with Crippen molar-refractivity contribution >= 4 is 0 Å². The number of nitrogens with two attached hydrogens (primary N) is 1. The molecule has 0 aliphatic rings. The highest BCUT2D eigenvalue weighted by Crippen LogP contribution is 2.27. The van der Waals surface area contributed by atoms with Gasteiger partial charge in [-0.2, -0.15) is 13.2 Å². The molecule has 2 atom stereocenters. The van der Waals surface area contributed by atoms with Gasteiger partial charge in [0.25, 0.3) is 0 Å². The minimum absolute atomic E-state index is 0.273. The van der Waals surface area contributed by atoms with Crippen LogP contribution in [-0.4, -0.2) is 41.7 Å². The second kappa shape index (κ2) is 6.86. The van der Waals surface area contributed by atoms with Crippen LogP contribution in [-0.2, 0) is 6.42 Å². The van der Waals surface area contributed by atoms with Gasteiger partial charge in [-0.05, 0) is 25.6 Å². The van der Waals surface area contributed by atoms with Crippen molar-refractivity contribution < 1.29 is 13.2 Å². The summed E-state index contributed by atoms with van der Waals surface area (Å²) in [6, 6.07) is 2.88. The molecule has 0 spiro atoms. The van der Waals surface area contributed by atoms with Crippen LogP contribution < -0.4 is 5.73 Å². The number of hydrogen-bond donors (Lipinski definition) is 1. The topological polar surface area (TPSA) is 42.1 Å². The van der Waals surface area contributed by atoms with Gasteiger partial charge >= 0.3 is 6.18 Å². The summed E-state index contributed by atoms with van der Waals surface area (Å²) in [7, 11) is 1.45. The van der Waals surface area contributed by atoms with E-state index < -0.39 is 18.3 Å². The summed E-state index contributed by atoms with van der Waals surface area (Å²) in [6.45, 7) is 1.94. The van der Waals surface area contributed by atoms with E-state index in [9.17, 15) is 13.2 Å². The van der Waals surface area contributed by atoms with E-state index in [1.165, 1.54) is 11.9 Å². The molecule has 0 aliphatic heterocycles. The van der Waals surface area contributed by atoms with Crippen molar-refractivity contribution in [1.82, 2.24) is 9.88 Å². The normalized spacial score (nSPS) is 15.5. The Bertz CT molecular complexity index is 367. The SMILES string of the molecule is CCC(N)C(N(C)CCc1ccccn1)C(F)(F)F. The van der Waals surface area contributed by atoms with E-state index in [1.807, 2.05) is 6.07 Å². The number of alkyl halides is 3. The number of pyridine rings is 1. The van der Waals surface area contributed by atoms with Gasteiger partial charge in [0.05, 0.1) is 0 Å². The molecule has 108 valence electrons. The quantitative estimate of drug-likeness (QED) is 0.865. The Hall–Kier alpha value is -1.14. The van der Waals surface area contributed by atoms with Gasteiger partial charge in [0, 0.05) is 30.9 Å². The molecule has 0 fully saturated rings. The van der Waals surface area contributed by atoms with E-state index in [-0.39, 0.29) is 13.0 Å². The van der Waals surface area contributed by atoms with Crippen LogP contribution in [0.5, 0.6) is 0 Å². The lowest BCUT2D eigenvalue weighted by Crippen LogP contribution is -2.55. The number of likely N-dealkylation sites (N-methyl/N-ethyl adjacent to an activating group) is 1. The van der Waals surface area contributed by atoms with Crippen LogP contribution >= 0.6 is 0 Å². The Morgan fingerprint density at radius 1 is 1.37 bits per heavy atom. The summed E-state index contributed by atoms with van der Waals surface area (Å²) in [6.07, 6.45) is -1.92. The van der Waals surface area contributed by atoms with E-state index in [4.69, 9.17) is 5.73 Å². The van der Waals surface area contributed by atoms with Gasteiger partial charge in [0.15, 0.2) is 0 Å². The summed E-state index contributed by atoms with van der Waals surface area (Å²) >= 11 is 0. The molecule has 0 saturated carbocycles. The van der Waals surface area contributed by atoms with Crippen LogP contribution in [0.25, 0.3) is 0 Å². The number of aromatic nitrogens is 1. The molecule has 2 unspecified atom stereocenters. The van der Waals surface area contributed by atoms with E-state index in [0.717, 1.165) is 5.69 Å². The summed E-state index contributed by atoms with van der Waals surface area (Å²) in [4.78, 5) is 5.36. The molecule has 1 rings (SSSR count). The minimum atomic E-state index is -4.31. The Kier molecular flexibility index (Phi) is 5.75. The van der Waals surface area contributed by atoms with Gasteiger partial charge in [-0.3, -0.25) is 9.88 Å². The van der Waals surface area contributed by atoms with Crippen LogP contribution in [0.1, 0.15) is 19.0 Å². The van der Waals surface area contributed by atoms with Crippen molar-refractivity contribution in [2.24, 2.45) is 5.73 Å². The number of rotatable bonds is 6. The maximum Gasteiger partial charge on any atom is 0.405 e. The molecule has 3 nitrogen and oxygen atoms in total. The zero-order chi connectivity index (χ0) is 14.5. The van der Waals surface area contributed by atoms with Gasteiger partial charge in [-0.25, -0.2) is 0 Å². The lowest BCUT2D eigenvalue weighted by Gasteiger charge is -2.33. The summed E-state index contributed by atoms with van der Waals surface area (Å²) in [5.41, 5.74) is 6.37. The van der Waals surface area contributed by atoms with Gasteiger partial charge in [0.1, 0.15) is 6.04 Å². The van der Waals surface area contributed by atoms with Gasteiger partial charge in [-0.1, -0.05) is 13.0 Å². The average molecular weight is 275 g/mol. The minimum Gasteiger partial charge on any atom is -0.326 e. The Labute approximate surface area is 111 Å². The monoisotopic (exact) mass is 275 g/mol. The van der Waals surface area contributed by atoms with Crippen molar-refractivity contribution in [1.29, 1.82) is 0 Å². The molecule has 6 heteroatoms. The molecule has 0 bridgehead atoms. The first-order valence-corrected chi connectivity index (χ1v) is 6.28. The van der Waals surface area contributed by atoms with E-state index in [2.05, 4.69) is 4.98 Å². The lowest BCUT2D eigenvalue weighted by molar-refractivity contribution is -0.185. The molecule has 0 aliphatic carbocycles. The van der Waals surface area contributed by atoms with Crippen molar-refractivity contribution in [3.63, 3.8) is 0 Å². The molecule has 19 heavy (non-hydrogen) atoms.